The molecule has 0 aromatic heterocycles. The van der Waals surface area contributed by atoms with E-state index < -0.39 is 24.0 Å². The molecule has 3 amide bonds. The summed E-state index contributed by atoms with van der Waals surface area (Å²) < 4.78 is 15.7. The Bertz CT molecular complexity index is 579. The van der Waals surface area contributed by atoms with Crippen LogP contribution in [0.25, 0.3) is 0 Å². The number of halogens is 1. The number of nitrogens with two attached hydrogens (primary N) is 1. The Morgan fingerprint density at radius 3 is 2.09 bits per heavy atom. The van der Waals surface area contributed by atoms with Gasteiger partial charge in [-0.25, -0.2) is 9.59 Å². The molecule has 0 spiro atoms. The first-order valence-electron chi connectivity index (χ1n) is 6.03. The van der Waals surface area contributed by atoms with E-state index in [1.807, 2.05) is 5.32 Å². The van der Waals surface area contributed by atoms with Crippen molar-refractivity contribution in [3.05, 3.63) is 22.2 Å². The average Bonchev–Trinajstić information content (AvgIpc) is 2.46. The SMILES string of the molecule is COc1cc(C(=O)O[C@@H](C)C(=O)NC(N)=O)cc(OC)c1Br. The molecule has 1 atom stereocenters. The monoisotopic (exact) mass is 374 g/mol. The Morgan fingerprint density at radius 1 is 1.18 bits per heavy atom. The number of rotatable bonds is 5. The number of esters is 1. The summed E-state index contributed by atoms with van der Waals surface area (Å²) in [5, 5.41) is 1.82. The molecule has 3 N–H and O–H groups in total. The Hall–Kier alpha value is -2.29. The molecule has 0 aliphatic rings. The van der Waals surface area contributed by atoms with E-state index in [-0.39, 0.29) is 5.56 Å². The van der Waals surface area contributed by atoms with Crippen LogP contribution in [0.5, 0.6) is 11.5 Å². The number of hydrogen-bond acceptors (Lipinski definition) is 6. The second kappa shape index (κ2) is 7.64. The predicted molar refractivity (Wildman–Crippen MR) is 79.8 cm³/mol. The molecule has 1 rings (SSSR count). The van der Waals surface area contributed by atoms with Gasteiger partial charge in [0.1, 0.15) is 16.0 Å². The van der Waals surface area contributed by atoms with Crippen LogP contribution >= 0.6 is 15.9 Å². The van der Waals surface area contributed by atoms with E-state index in [0.717, 1.165) is 0 Å². The molecule has 8 nitrogen and oxygen atoms in total. The largest absolute Gasteiger partial charge is 0.495 e. The first-order chi connectivity index (χ1) is 10.3. The quantitative estimate of drug-likeness (QED) is 0.747. The number of nitrogens with one attached hydrogen (secondary N) is 1. The predicted octanol–water partition coefficient (Wildman–Crippen LogP) is 1.21. The first kappa shape index (κ1) is 17.8. The van der Waals surface area contributed by atoms with E-state index in [0.29, 0.717) is 16.0 Å². The highest BCUT2D eigenvalue weighted by atomic mass is 79.9. The molecule has 9 heteroatoms. The van der Waals surface area contributed by atoms with Crippen molar-refractivity contribution in [2.45, 2.75) is 13.0 Å². The highest BCUT2D eigenvalue weighted by Crippen LogP contribution is 2.35. The number of carbonyl (C=O) groups is 3. The van der Waals surface area contributed by atoms with Gasteiger partial charge in [0.2, 0.25) is 0 Å². The lowest BCUT2D eigenvalue weighted by atomic mass is 10.2. The van der Waals surface area contributed by atoms with Crippen molar-refractivity contribution in [1.29, 1.82) is 0 Å². The maximum Gasteiger partial charge on any atom is 0.339 e. The van der Waals surface area contributed by atoms with Crippen molar-refractivity contribution in [2.75, 3.05) is 14.2 Å². The summed E-state index contributed by atoms with van der Waals surface area (Å²) in [5.41, 5.74) is 4.94. The fourth-order valence-corrected chi connectivity index (χ4v) is 2.05. The Morgan fingerprint density at radius 2 is 1.68 bits per heavy atom. The molecule has 120 valence electrons. The van der Waals surface area contributed by atoms with E-state index in [2.05, 4.69) is 15.9 Å². The molecular weight excluding hydrogens is 360 g/mol. The van der Waals surface area contributed by atoms with Crippen LogP contribution < -0.4 is 20.5 Å². The van der Waals surface area contributed by atoms with Crippen molar-refractivity contribution < 1.29 is 28.6 Å². The fourth-order valence-electron chi connectivity index (χ4n) is 1.49. The number of benzene rings is 1. The minimum Gasteiger partial charge on any atom is -0.495 e. The third-order valence-electron chi connectivity index (χ3n) is 2.58. The van der Waals surface area contributed by atoms with E-state index >= 15 is 0 Å². The lowest BCUT2D eigenvalue weighted by Gasteiger charge is -2.14. The van der Waals surface area contributed by atoms with Gasteiger partial charge in [-0.05, 0) is 35.0 Å². The van der Waals surface area contributed by atoms with Crippen LogP contribution in [0, 0.1) is 0 Å². The Kier molecular flexibility index (Phi) is 6.17. The van der Waals surface area contributed by atoms with E-state index in [1.54, 1.807) is 0 Å². The average molecular weight is 375 g/mol. The molecule has 0 fully saturated rings. The molecule has 0 radical (unpaired) electrons. The number of amides is 3. The molecule has 0 saturated heterocycles. The van der Waals surface area contributed by atoms with Crippen molar-refractivity contribution in [3.8, 4) is 11.5 Å². The highest BCUT2D eigenvalue weighted by Gasteiger charge is 2.22. The second-order valence-electron chi connectivity index (χ2n) is 4.10. The topological polar surface area (TPSA) is 117 Å². The number of carbonyl (C=O) groups excluding carboxylic acids is 3. The standard InChI is InChI=1S/C13H15BrN2O6/c1-6(11(17)16-13(15)19)22-12(18)7-4-8(20-2)10(14)9(5-7)21-3/h4-6H,1-3H3,(H3,15,16,17,19)/t6-/m0/s1. The summed E-state index contributed by atoms with van der Waals surface area (Å²) in [5.74, 6) is -0.880. The first-order valence-corrected chi connectivity index (χ1v) is 6.82. The molecule has 22 heavy (non-hydrogen) atoms. The van der Waals surface area contributed by atoms with Gasteiger partial charge in [-0.2, -0.15) is 0 Å². The van der Waals surface area contributed by atoms with Crippen LogP contribution in [0.15, 0.2) is 16.6 Å². The van der Waals surface area contributed by atoms with Crippen molar-refractivity contribution >= 4 is 33.8 Å². The molecule has 0 bridgehead atoms. The molecule has 0 heterocycles. The maximum absolute atomic E-state index is 12.0. The number of ether oxygens (including phenoxy) is 3. The van der Waals surface area contributed by atoms with Crippen LogP contribution in [0.1, 0.15) is 17.3 Å². The van der Waals surface area contributed by atoms with Crippen molar-refractivity contribution in [2.24, 2.45) is 5.73 Å². The number of primary amides is 1. The molecule has 1 aromatic carbocycles. The van der Waals surface area contributed by atoms with E-state index in [9.17, 15) is 14.4 Å². The van der Waals surface area contributed by atoms with Crippen LogP contribution in [-0.2, 0) is 9.53 Å². The molecule has 0 aliphatic heterocycles. The summed E-state index contributed by atoms with van der Waals surface area (Å²) in [4.78, 5) is 34.1. The summed E-state index contributed by atoms with van der Waals surface area (Å²) in [7, 11) is 2.86. The molecule has 0 saturated carbocycles. The van der Waals surface area contributed by atoms with Crippen LogP contribution in [0.2, 0.25) is 0 Å². The van der Waals surface area contributed by atoms with E-state index in [4.69, 9.17) is 19.9 Å². The Labute approximate surface area is 135 Å². The molecule has 0 aliphatic carbocycles. The third kappa shape index (κ3) is 4.35. The summed E-state index contributed by atoms with van der Waals surface area (Å²) in [6.45, 7) is 1.31. The van der Waals surface area contributed by atoms with Gasteiger partial charge in [0.05, 0.1) is 19.8 Å². The molecule has 1 aromatic rings. The lowest BCUT2D eigenvalue weighted by molar-refractivity contribution is -0.127. The van der Waals surface area contributed by atoms with Crippen LogP contribution in [0.4, 0.5) is 4.79 Å². The van der Waals surface area contributed by atoms with Gasteiger partial charge in [0, 0.05) is 0 Å². The fraction of sp³-hybridized carbons (Fsp3) is 0.308. The van der Waals surface area contributed by atoms with Crippen molar-refractivity contribution in [1.82, 2.24) is 5.32 Å². The highest BCUT2D eigenvalue weighted by molar-refractivity contribution is 9.10. The minimum absolute atomic E-state index is 0.121. The second-order valence-corrected chi connectivity index (χ2v) is 4.89. The number of imide groups is 1. The van der Waals surface area contributed by atoms with Gasteiger partial charge in [0.25, 0.3) is 5.91 Å². The summed E-state index contributed by atoms with van der Waals surface area (Å²) in [6, 6.07) is 1.82. The van der Waals surface area contributed by atoms with Gasteiger partial charge >= 0.3 is 12.0 Å². The zero-order chi connectivity index (χ0) is 16.9. The zero-order valence-electron chi connectivity index (χ0n) is 12.1. The molecular formula is C13H15BrN2O6. The van der Waals surface area contributed by atoms with Gasteiger partial charge in [-0.3, -0.25) is 10.1 Å². The van der Waals surface area contributed by atoms with Crippen LogP contribution in [-0.4, -0.2) is 38.2 Å². The lowest BCUT2D eigenvalue weighted by Crippen LogP contribution is -2.42. The number of hydrogen-bond donors (Lipinski definition) is 2. The van der Waals surface area contributed by atoms with Crippen LogP contribution in [0.3, 0.4) is 0 Å². The van der Waals surface area contributed by atoms with Gasteiger partial charge in [0.15, 0.2) is 6.10 Å². The van der Waals surface area contributed by atoms with Gasteiger partial charge in [-0.15, -0.1) is 0 Å². The third-order valence-corrected chi connectivity index (χ3v) is 3.36. The summed E-state index contributed by atoms with van der Waals surface area (Å²) in [6.07, 6.45) is -1.19. The molecule has 0 unspecified atom stereocenters. The number of urea groups is 1. The summed E-state index contributed by atoms with van der Waals surface area (Å²) >= 11 is 3.27. The van der Waals surface area contributed by atoms with Gasteiger partial charge in [-0.1, -0.05) is 0 Å². The Balaban J connectivity index is 2.94. The zero-order valence-corrected chi connectivity index (χ0v) is 13.7. The smallest absolute Gasteiger partial charge is 0.339 e. The normalized spacial score (nSPS) is 11.3. The van der Waals surface area contributed by atoms with E-state index in [1.165, 1.54) is 33.3 Å². The minimum atomic E-state index is -1.19. The van der Waals surface area contributed by atoms with Crippen molar-refractivity contribution in [3.63, 3.8) is 0 Å². The number of methoxy groups -OCH3 is 2. The maximum atomic E-state index is 12.0. The van der Waals surface area contributed by atoms with Gasteiger partial charge < -0.3 is 19.9 Å².